The molecule has 7 nitrogen and oxygen atoms in total. The van der Waals surface area contributed by atoms with Gasteiger partial charge in [0.15, 0.2) is 0 Å². The van der Waals surface area contributed by atoms with Gasteiger partial charge in [-0.2, -0.15) is 13.2 Å². The third kappa shape index (κ3) is 7.32. The average Bonchev–Trinajstić information content (AvgIpc) is 2.97. The number of benzene rings is 3. The zero-order chi connectivity index (χ0) is 28.8. The van der Waals surface area contributed by atoms with Gasteiger partial charge >= 0.3 is 6.18 Å². The van der Waals surface area contributed by atoms with Gasteiger partial charge < -0.3 is 34.3 Å². The summed E-state index contributed by atoms with van der Waals surface area (Å²) in [5, 5.41) is 14.1. The van der Waals surface area contributed by atoms with E-state index >= 15 is 0 Å². The molecule has 2 unspecified atom stereocenters. The Hall–Kier alpha value is -3.31. The molecule has 2 N–H and O–H groups in total. The van der Waals surface area contributed by atoms with E-state index in [-0.39, 0.29) is 12.0 Å². The summed E-state index contributed by atoms with van der Waals surface area (Å²) in [4.78, 5) is 2.31. The first-order chi connectivity index (χ1) is 19.8. The topological polar surface area (TPSA) is 72.4 Å². The number of piperidine rings is 1. The molecule has 2 aliphatic rings. The van der Waals surface area contributed by atoms with Crippen LogP contribution < -0.4 is 19.7 Å². The number of methoxy groups -OCH3 is 1. The molecule has 5 rings (SSSR count). The predicted molar refractivity (Wildman–Crippen MR) is 149 cm³/mol. The van der Waals surface area contributed by atoms with Gasteiger partial charge in [0, 0.05) is 39.3 Å². The molecule has 0 aliphatic carbocycles. The van der Waals surface area contributed by atoms with E-state index < -0.39 is 17.8 Å². The number of fused-ring (bicyclic) bond motifs is 1. The van der Waals surface area contributed by atoms with Crippen LogP contribution in [0.2, 0.25) is 0 Å². The van der Waals surface area contributed by atoms with Gasteiger partial charge in [0.1, 0.15) is 23.9 Å². The van der Waals surface area contributed by atoms with E-state index in [1.165, 1.54) is 12.1 Å². The van der Waals surface area contributed by atoms with E-state index in [9.17, 15) is 18.3 Å². The smallest absolute Gasteiger partial charge is 0.416 e. The quantitative estimate of drug-likeness (QED) is 0.317. The number of nitrogens with zero attached hydrogens (tertiary/aromatic N) is 1. The van der Waals surface area contributed by atoms with Crippen molar-refractivity contribution in [3.8, 4) is 17.2 Å². The Morgan fingerprint density at radius 1 is 1.00 bits per heavy atom. The Labute approximate surface area is 237 Å². The third-order valence-electron chi connectivity index (χ3n) is 7.42. The number of halogens is 3. The third-order valence-corrected chi connectivity index (χ3v) is 7.42. The van der Waals surface area contributed by atoms with Gasteiger partial charge in [-0.25, -0.2) is 0 Å². The highest BCUT2D eigenvalue weighted by molar-refractivity contribution is 5.61. The fraction of sp³-hybridized carbons (Fsp3) is 0.419. The zero-order valence-corrected chi connectivity index (χ0v) is 22.9. The minimum absolute atomic E-state index is 0.261. The number of β-amino-alcohol motifs (C(OH)–C–C–N with tert-alkyl or cyclic N) is 1. The number of aliphatic hydroxyl groups is 1. The van der Waals surface area contributed by atoms with Gasteiger partial charge in [-0.05, 0) is 66.1 Å². The highest BCUT2D eigenvalue weighted by Crippen LogP contribution is 2.35. The average molecular weight is 573 g/mol. The van der Waals surface area contributed by atoms with Gasteiger partial charge in [-0.1, -0.05) is 18.2 Å². The monoisotopic (exact) mass is 572 g/mol. The Morgan fingerprint density at radius 3 is 2.44 bits per heavy atom. The number of ether oxygens (including phenoxy) is 4. The van der Waals surface area contributed by atoms with Crippen LogP contribution in [0.1, 0.15) is 29.0 Å². The van der Waals surface area contributed by atoms with E-state index in [1.54, 1.807) is 19.2 Å². The molecule has 3 aromatic rings. The maximum Gasteiger partial charge on any atom is 0.416 e. The first kappa shape index (κ1) is 29.2. The van der Waals surface area contributed by atoms with Gasteiger partial charge in [0.05, 0.1) is 36.6 Å². The van der Waals surface area contributed by atoms with Crippen molar-refractivity contribution in [2.24, 2.45) is 0 Å². The number of anilines is 1. The van der Waals surface area contributed by atoms with E-state index in [0.717, 1.165) is 54.2 Å². The summed E-state index contributed by atoms with van der Waals surface area (Å²) in [7, 11) is 1.71. The lowest BCUT2D eigenvalue weighted by Crippen LogP contribution is -2.49. The summed E-state index contributed by atoms with van der Waals surface area (Å²) in [6, 6.07) is 17.9. The Morgan fingerprint density at radius 2 is 1.73 bits per heavy atom. The Bertz CT molecular complexity index is 1270. The molecule has 41 heavy (non-hydrogen) atoms. The van der Waals surface area contributed by atoms with Crippen molar-refractivity contribution < 1.29 is 37.2 Å². The Kier molecular flexibility index (Phi) is 9.34. The maximum atomic E-state index is 12.8. The van der Waals surface area contributed by atoms with E-state index in [4.69, 9.17) is 18.9 Å². The van der Waals surface area contributed by atoms with Crippen LogP contribution in [0.3, 0.4) is 0 Å². The van der Waals surface area contributed by atoms with Crippen molar-refractivity contribution in [1.82, 2.24) is 5.32 Å². The fourth-order valence-corrected chi connectivity index (χ4v) is 5.32. The van der Waals surface area contributed by atoms with Crippen LogP contribution in [0.4, 0.5) is 18.9 Å². The first-order valence-corrected chi connectivity index (χ1v) is 13.8. The second-order valence-electron chi connectivity index (χ2n) is 10.3. The molecule has 10 heteroatoms. The highest BCUT2D eigenvalue weighted by atomic mass is 19.4. The molecule has 0 aromatic heterocycles. The van der Waals surface area contributed by atoms with Crippen molar-refractivity contribution >= 4 is 5.69 Å². The van der Waals surface area contributed by atoms with Crippen LogP contribution in [-0.2, 0) is 22.3 Å². The molecule has 1 fully saturated rings. The minimum Gasteiger partial charge on any atom is -0.490 e. The van der Waals surface area contributed by atoms with Crippen LogP contribution in [0.5, 0.6) is 17.2 Å². The van der Waals surface area contributed by atoms with Gasteiger partial charge in [-0.15, -0.1) is 0 Å². The van der Waals surface area contributed by atoms with Gasteiger partial charge in [-0.3, -0.25) is 0 Å². The summed E-state index contributed by atoms with van der Waals surface area (Å²) < 4.78 is 61.7. The maximum absolute atomic E-state index is 12.8. The molecule has 2 heterocycles. The normalized spacial score (nSPS) is 20.8. The number of alkyl halides is 3. The first-order valence-electron chi connectivity index (χ1n) is 13.8. The second kappa shape index (κ2) is 13.1. The van der Waals surface area contributed by atoms with E-state index in [2.05, 4.69) is 16.3 Å². The summed E-state index contributed by atoms with van der Waals surface area (Å²) in [5.74, 6) is 1.40. The van der Waals surface area contributed by atoms with Crippen LogP contribution in [0, 0.1) is 0 Å². The van der Waals surface area contributed by atoms with Crippen LogP contribution >= 0.6 is 0 Å². The molecule has 0 saturated carbocycles. The lowest BCUT2D eigenvalue weighted by molar-refractivity contribution is -0.137. The molecular formula is C31H35F3N2O5. The fourth-order valence-electron chi connectivity index (χ4n) is 5.32. The zero-order valence-electron chi connectivity index (χ0n) is 22.9. The standard InChI is InChI=1S/C31H35F3N2O5/c1-38-15-2-13-36-14-16-39-28-12-3-21(17-26(28)36)20-40-29-19-35-18-27(37)30(29)22-4-8-24(9-5-22)41-25-10-6-23(7-11-25)31(32,33)34/h3-12,17,27,29-30,35,37H,2,13-16,18-20H2,1H3/t27?,29?,30-/m0/s1. The van der Waals surface area contributed by atoms with Crippen LogP contribution in [0.15, 0.2) is 66.7 Å². The molecule has 0 radical (unpaired) electrons. The van der Waals surface area contributed by atoms with Crippen molar-refractivity contribution in [3.05, 3.63) is 83.4 Å². The number of hydrogen-bond donors (Lipinski definition) is 2. The summed E-state index contributed by atoms with van der Waals surface area (Å²) in [6.07, 6.45) is -4.39. The molecule has 2 aliphatic heterocycles. The molecule has 220 valence electrons. The molecule has 3 aromatic carbocycles. The summed E-state index contributed by atoms with van der Waals surface area (Å²) >= 11 is 0. The van der Waals surface area contributed by atoms with Crippen molar-refractivity contribution in [1.29, 1.82) is 0 Å². The van der Waals surface area contributed by atoms with Crippen LogP contribution in [0.25, 0.3) is 0 Å². The molecule has 0 bridgehead atoms. The number of rotatable bonds is 10. The van der Waals surface area contributed by atoms with Crippen molar-refractivity contribution in [2.45, 2.75) is 37.3 Å². The molecule has 3 atom stereocenters. The summed E-state index contributed by atoms with van der Waals surface area (Å²) in [5.41, 5.74) is 2.24. The lowest BCUT2D eigenvalue weighted by atomic mass is 9.85. The van der Waals surface area contributed by atoms with Gasteiger partial charge in [0.2, 0.25) is 0 Å². The van der Waals surface area contributed by atoms with Gasteiger partial charge in [0.25, 0.3) is 0 Å². The lowest BCUT2D eigenvalue weighted by Gasteiger charge is -2.36. The molecule has 0 amide bonds. The Balaban J connectivity index is 1.24. The number of aliphatic hydroxyl groups excluding tert-OH is 1. The van der Waals surface area contributed by atoms with Crippen molar-refractivity contribution in [3.63, 3.8) is 0 Å². The second-order valence-corrected chi connectivity index (χ2v) is 10.3. The minimum atomic E-state index is -4.40. The molecule has 1 saturated heterocycles. The van der Waals surface area contributed by atoms with Crippen LogP contribution in [-0.4, -0.2) is 63.8 Å². The number of hydrogen-bond acceptors (Lipinski definition) is 7. The molecule has 0 spiro atoms. The van der Waals surface area contributed by atoms with Crippen molar-refractivity contribution in [2.75, 3.05) is 51.4 Å². The van der Waals surface area contributed by atoms with E-state index in [1.807, 2.05) is 24.3 Å². The largest absolute Gasteiger partial charge is 0.490 e. The highest BCUT2D eigenvalue weighted by Gasteiger charge is 2.34. The summed E-state index contributed by atoms with van der Waals surface area (Å²) in [6.45, 7) is 4.47. The SMILES string of the molecule is COCCCN1CCOc2ccc(COC3CNCC(O)[C@@H]3c3ccc(Oc4ccc(C(F)(F)F)cc4)cc3)cc21. The predicted octanol–water partition coefficient (Wildman–Crippen LogP) is 5.37. The molecular weight excluding hydrogens is 537 g/mol. The number of nitrogens with one attached hydrogen (secondary N) is 1. The van der Waals surface area contributed by atoms with E-state index in [0.29, 0.717) is 44.4 Å².